The van der Waals surface area contributed by atoms with E-state index in [0.717, 1.165) is 30.9 Å². The lowest BCUT2D eigenvalue weighted by atomic mass is 9.75. The van der Waals surface area contributed by atoms with E-state index >= 15 is 0 Å². The first-order valence-electron chi connectivity index (χ1n) is 7.00. The van der Waals surface area contributed by atoms with E-state index in [-0.39, 0.29) is 5.41 Å². The maximum Gasteiger partial charge on any atom is 0.0717 e. The van der Waals surface area contributed by atoms with Gasteiger partial charge in [0.2, 0.25) is 0 Å². The van der Waals surface area contributed by atoms with Gasteiger partial charge in [0.25, 0.3) is 0 Å². The van der Waals surface area contributed by atoms with Crippen LogP contribution in [0.25, 0.3) is 0 Å². The Morgan fingerprint density at radius 3 is 2.67 bits per heavy atom. The van der Waals surface area contributed by atoms with Crippen molar-refractivity contribution in [1.29, 1.82) is 0 Å². The summed E-state index contributed by atoms with van der Waals surface area (Å²) in [6, 6.07) is 10.4. The van der Waals surface area contributed by atoms with Gasteiger partial charge in [-0.1, -0.05) is 36.8 Å². The quantitative estimate of drug-likeness (QED) is 0.723. The van der Waals surface area contributed by atoms with Gasteiger partial charge in [-0.3, -0.25) is 0 Å². The molecule has 0 heterocycles. The molecule has 2 aliphatic carbocycles. The fourth-order valence-electron chi connectivity index (χ4n) is 3.88. The lowest BCUT2D eigenvalue weighted by molar-refractivity contribution is 0.0139. The molecular formula is C16H21ClO. The molecular weight excluding hydrogens is 244 g/mol. The molecule has 1 nitrogen and oxygen atoms in total. The predicted molar refractivity (Wildman–Crippen MR) is 74.7 cm³/mol. The molecule has 0 amide bonds. The molecule has 3 unspecified atom stereocenters. The highest BCUT2D eigenvalue weighted by Crippen LogP contribution is 2.56. The number of hydrogen-bond acceptors (Lipinski definition) is 1. The number of rotatable bonds is 5. The molecule has 2 fully saturated rings. The van der Waals surface area contributed by atoms with Gasteiger partial charge in [0.05, 0.1) is 13.2 Å². The van der Waals surface area contributed by atoms with Crippen molar-refractivity contribution in [3.8, 4) is 0 Å². The van der Waals surface area contributed by atoms with Gasteiger partial charge in [-0.2, -0.15) is 0 Å². The van der Waals surface area contributed by atoms with Crippen LogP contribution in [0.5, 0.6) is 0 Å². The van der Waals surface area contributed by atoms with Crippen LogP contribution in [0.3, 0.4) is 0 Å². The Morgan fingerprint density at radius 2 is 2.06 bits per heavy atom. The van der Waals surface area contributed by atoms with E-state index < -0.39 is 0 Å². The van der Waals surface area contributed by atoms with Crippen LogP contribution in [0.15, 0.2) is 30.3 Å². The van der Waals surface area contributed by atoms with Gasteiger partial charge < -0.3 is 4.74 Å². The predicted octanol–water partition coefficient (Wildman–Crippen LogP) is 4.25. The van der Waals surface area contributed by atoms with E-state index in [1.807, 2.05) is 6.07 Å². The second kappa shape index (κ2) is 5.22. The minimum absolute atomic E-state index is 0.277. The van der Waals surface area contributed by atoms with Crippen LogP contribution in [0.1, 0.15) is 31.2 Å². The number of ether oxygens (including phenoxy) is 1. The summed E-state index contributed by atoms with van der Waals surface area (Å²) in [6.07, 6.45) is 5.46. The van der Waals surface area contributed by atoms with Crippen molar-refractivity contribution in [2.24, 2.45) is 17.3 Å². The van der Waals surface area contributed by atoms with Crippen LogP contribution in [-0.2, 0) is 11.3 Å². The van der Waals surface area contributed by atoms with Gasteiger partial charge in [0, 0.05) is 11.3 Å². The second-order valence-corrected chi connectivity index (χ2v) is 6.32. The molecule has 0 N–H and O–H groups in total. The molecule has 0 aromatic heterocycles. The lowest BCUT2D eigenvalue weighted by Gasteiger charge is -2.35. The molecule has 18 heavy (non-hydrogen) atoms. The smallest absolute Gasteiger partial charge is 0.0717 e. The number of benzene rings is 1. The molecule has 0 saturated heterocycles. The third-order valence-corrected chi connectivity index (χ3v) is 5.40. The average molecular weight is 265 g/mol. The van der Waals surface area contributed by atoms with Crippen LogP contribution >= 0.6 is 11.6 Å². The standard InChI is InChI=1S/C16H21ClO/c17-11-16(9-14-6-7-15(16)8-14)12-18-10-13-4-2-1-3-5-13/h1-5,14-15H,6-12H2. The second-order valence-electron chi connectivity index (χ2n) is 6.05. The average Bonchev–Trinajstić information content (AvgIpc) is 3.01. The van der Waals surface area contributed by atoms with Gasteiger partial charge >= 0.3 is 0 Å². The summed E-state index contributed by atoms with van der Waals surface area (Å²) >= 11 is 6.26. The fourth-order valence-corrected chi connectivity index (χ4v) is 4.29. The molecule has 2 aliphatic rings. The molecule has 0 aliphatic heterocycles. The first-order chi connectivity index (χ1) is 8.82. The Hall–Kier alpha value is -0.530. The summed E-state index contributed by atoms with van der Waals surface area (Å²) < 4.78 is 5.97. The molecule has 98 valence electrons. The van der Waals surface area contributed by atoms with Crippen molar-refractivity contribution < 1.29 is 4.74 Å². The van der Waals surface area contributed by atoms with Gasteiger partial charge in [0.1, 0.15) is 0 Å². The third-order valence-electron chi connectivity index (χ3n) is 4.87. The minimum Gasteiger partial charge on any atom is -0.376 e. The van der Waals surface area contributed by atoms with Crippen LogP contribution in [0.2, 0.25) is 0 Å². The van der Waals surface area contributed by atoms with Gasteiger partial charge in [-0.15, -0.1) is 11.6 Å². The lowest BCUT2D eigenvalue weighted by Crippen LogP contribution is -2.34. The topological polar surface area (TPSA) is 9.23 Å². The maximum atomic E-state index is 6.26. The normalized spacial score (nSPS) is 34.1. The molecule has 3 rings (SSSR count). The van der Waals surface area contributed by atoms with Gasteiger partial charge in [-0.25, -0.2) is 0 Å². The first-order valence-corrected chi connectivity index (χ1v) is 7.53. The summed E-state index contributed by atoms with van der Waals surface area (Å²) in [5.41, 5.74) is 1.53. The van der Waals surface area contributed by atoms with E-state index in [9.17, 15) is 0 Å². The SMILES string of the molecule is ClCC1(COCc2ccccc2)CC2CCC1C2. The summed E-state index contributed by atoms with van der Waals surface area (Å²) in [4.78, 5) is 0. The zero-order valence-electron chi connectivity index (χ0n) is 10.8. The van der Waals surface area contributed by atoms with Crippen LogP contribution < -0.4 is 0 Å². The van der Waals surface area contributed by atoms with Crippen molar-refractivity contribution >= 4 is 11.6 Å². The van der Waals surface area contributed by atoms with E-state index in [1.54, 1.807) is 0 Å². The molecule has 1 aromatic rings. The number of fused-ring (bicyclic) bond motifs is 2. The van der Waals surface area contributed by atoms with Crippen LogP contribution in [0, 0.1) is 17.3 Å². The van der Waals surface area contributed by atoms with E-state index in [0.29, 0.717) is 0 Å². The molecule has 2 saturated carbocycles. The number of alkyl halides is 1. The Morgan fingerprint density at radius 1 is 1.22 bits per heavy atom. The highest BCUT2D eigenvalue weighted by Gasteiger charge is 2.50. The minimum atomic E-state index is 0.277. The molecule has 2 heteroatoms. The molecule has 0 spiro atoms. The molecule has 0 radical (unpaired) electrons. The van der Waals surface area contributed by atoms with Gasteiger partial charge in [-0.05, 0) is 36.7 Å². The fraction of sp³-hybridized carbons (Fsp3) is 0.625. The van der Waals surface area contributed by atoms with Crippen LogP contribution in [0.4, 0.5) is 0 Å². The number of hydrogen-bond donors (Lipinski definition) is 0. The maximum absolute atomic E-state index is 6.26. The van der Waals surface area contributed by atoms with Crippen molar-refractivity contribution in [3.63, 3.8) is 0 Å². The van der Waals surface area contributed by atoms with Crippen molar-refractivity contribution in [2.45, 2.75) is 32.3 Å². The Labute approximate surface area is 114 Å². The van der Waals surface area contributed by atoms with E-state index in [1.165, 1.54) is 31.2 Å². The highest BCUT2D eigenvalue weighted by molar-refractivity contribution is 6.18. The van der Waals surface area contributed by atoms with Crippen LogP contribution in [-0.4, -0.2) is 12.5 Å². The third kappa shape index (κ3) is 2.31. The van der Waals surface area contributed by atoms with E-state index in [4.69, 9.17) is 16.3 Å². The van der Waals surface area contributed by atoms with Gasteiger partial charge in [0.15, 0.2) is 0 Å². The monoisotopic (exact) mass is 264 g/mol. The van der Waals surface area contributed by atoms with Crippen molar-refractivity contribution in [2.75, 3.05) is 12.5 Å². The molecule has 1 aromatic carbocycles. The zero-order valence-corrected chi connectivity index (χ0v) is 11.5. The zero-order chi connectivity index (χ0) is 12.4. The molecule has 3 atom stereocenters. The summed E-state index contributed by atoms with van der Waals surface area (Å²) in [7, 11) is 0. The summed E-state index contributed by atoms with van der Waals surface area (Å²) in [5, 5.41) is 0. The largest absolute Gasteiger partial charge is 0.376 e. The summed E-state index contributed by atoms with van der Waals surface area (Å²) in [6.45, 7) is 1.56. The molecule has 2 bridgehead atoms. The van der Waals surface area contributed by atoms with E-state index in [2.05, 4.69) is 24.3 Å². The number of halogens is 1. The first kappa shape index (κ1) is 12.5. The Bertz CT molecular complexity index is 391. The Balaban J connectivity index is 1.56. The van der Waals surface area contributed by atoms with Crippen molar-refractivity contribution in [1.82, 2.24) is 0 Å². The Kier molecular flexibility index (Phi) is 3.63. The van der Waals surface area contributed by atoms with Crippen molar-refractivity contribution in [3.05, 3.63) is 35.9 Å². The highest BCUT2D eigenvalue weighted by atomic mass is 35.5. The summed E-state index contributed by atoms with van der Waals surface area (Å²) in [5.74, 6) is 2.51.